The number of nitrogens with zero attached hydrogens (tertiary/aromatic N) is 1. The van der Waals surface area contributed by atoms with Crippen LogP contribution in [0.4, 0.5) is 4.79 Å². The van der Waals surface area contributed by atoms with E-state index >= 15 is 0 Å². The Labute approximate surface area is 162 Å². The zero-order chi connectivity index (χ0) is 20.0. The Morgan fingerprint density at radius 3 is 2.04 bits per heavy atom. The second-order valence-corrected chi connectivity index (χ2v) is 8.56. The Bertz CT molecular complexity index is 495. The van der Waals surface area contributed by atoms with E-state index in [1.165, 1.54) is 7.11 Å². The van der Waals surface area contributed by atoms with Crippen molar-refractivity contribution in [3.63, 3.8) is 0 Å². The molecule has 27 heavy (non-hydrogen) atoms. The first kappa shape index (κ1) is 22.0. The van der Waals surface area contributed by atoms with Crippen LogP contribution in [0.5, 0.6) is 0 Å². The summed E-state index contributed by atoms with van der Waals surface area (Å²) in [5.74, 6) is -0.131. The van der Waals surface area contributed by atoms with Crippen molar-refractivity contribution in [2.45, 2.75) is 83.1 Å². The number of hydrogen-bond acceptors (Lipinski definition) is 6. The maximum Gasteiger partial charge on any atom is 0.410 e. The summed E-state index contributed by atoms with van der Waals surface area (Å²) in [7, 11) is 3.09. The van der Waals surface area contributed by atoms with Gasteiger partial charge in [0.05, 0.1) is 44.4 Å². The number of likely N-dealkylation sites (tertiary alicyclic amines) is 1. The normalized spacial score (nSPS) is 28.9. The van der Waals surface area contributed by atoms with Crippen molar-refractivity contribution in [1.29, 1.82) is 0 Å². The molecule has 2 atom stereocenters. The van der Waals surface area contributed by atoms with E-state index in [2.05, 4.69) is 0 Å². The summed E-state index contributed by atoms with van der Waals surface area (Å²) in [6.45, 7) is 6.61. The highest BCUT2D eigenvalue weighted by molar-refractivity contribution is 5.72. The minimum absolute atomic E-state index is 0.00155. The van der Waals surface area contributed by atoms with Crippen molar-refractivity contribution in [1.82, 2.24) is 4.90 Å². The van der Waals surface area contributed by atoms with Gasteiger partial charge in [-0.05, 0) is 59.3 Å². The highest BCUT2D eigenvalue weighted by Crippen LogP contribution is 2.30. The van der Waals surface area contributed by atoms with E-state index in [0.29, 0.717) is 13.2 Å². The molecule has 1 saturated heterocycles. The Kier molecular flexibility index (Phi) is 7.91. The highest BCUT2D eigenvalue weighted by Gasteiger charge is 2.40. The van der Waals surface area contributed by atoms with Crippen molar-refractivity contribution in [3.05, 3.63) is 0 Å². The maximum atomic E-state index is 12.7. The molecule has 0 bridgehead atoms. The third-order valence-electron chi connectivity index (χ3n) is 5.32. The topological polar surface area (TPSA) is 74.3 Å². The summed E-state index contributed by atoms with van der Waals surface area (Å²) in [5.41, 5.74) is -0.533. The van der Waals surface area contributed by atoms with Gasteiger partial charge in [-0.2, -0.15) is 0 Å². The monoisotopic (exact) mass is 385 g/mol. The van der Waals surface area contributed by atoms with Crippen LogP contribution in [0, 0.1) is 5.92 Å². The predicted molar refractivity (Wildman–Crippen MR) is 100 cm³/mol. The minimum atomic E-state index is -0.533. The molecule has 1 aliphatic carbocycles. The lowest BCUT2D eigenvalue weighted by molar-refractivity contribution is -0.147. The number of amides is 1. The van der Waals surface area contributed by atoms with Gasteiger partial charge >= 0.3 is 12.1 Å². The number of ether oxygens (including phenoxy) is 4. The van der Waals surface area contributed by atoms with Gasteiger partial charge in [-0.3, -0.25) is 9.69 Å². The molecule has 1 saturated carbocycles. The molecule has 7 nitrogen and oxygen atoms in total. The van der Waals surface area contributed by atoms with Crippen molar-refractivity contribution in [2.24, 2.45) is 5.92 Å². The number of carbonyl (C=O) groups is 2. The molecule has 0 spiro atoms. The van der Waals surface area contributed by atoms with Crippen LogP contribution in [0.25, 0.3) is 0 Å². The number of rotatable bonds is 6. The van der Waals surface area contributed by atoms with Crippen molar-refractivity contribution >= 4 is 12.1 Å². The quantitative estimate of drug-likeness (QED) is 0.654. The average molecular weight is 386 g/mol. The van der Waals surface area contributed by atoms with Crippen LogP contribution < -0.4 is 0 Å². The Hall–Kier alpha value is -1.34. The Balaban J connectivity index is 1.88. The van der Waals surface area contributed by atoms with E-state index in [1.807, 2.05) is 20.8 Å². The number of hydrogen-bond donors (Lipinski definition) is 0. The second-order valence-electron chi connectivity index (χ2n) is 8.56. The van der Waals surface area contributed by atoms with Crippen LogP contribution in [-0.4, -0.2) is 68.2 Å². The van der Waals surface area contributed by atoms with Crippen molar-refractivity contribution in [2.75, 3.05) is 27.4 Å². The van der Waals surface area contributed by atoms with Gasteiger partial charge in [0.15, 0.2) is 0 Å². The molecule has 1 heterocycles. The largest absolute Gasteiger partial charge is 0.469 e. The zero-order valence-electron chi connectivity index (χ0n) is 17.4. The smallest absolute Gasteiger partial charge is 0.410 e. The predicted octanol–water partition coefficient (Wildman–Crippen LogP) is 3.15. The molecular weight excluding hydrogens is 350 g/mol. The molecule has 1 aliphatic heterocycles. The molecule has 2 aliphatic rings. The van der Waals surface area contributed by atoms with Crippen molar-refractivity contribution in [3.8, 4) is 0 Å². The molecule has 2 rings (SSSR count). The van der Waals surface area contributed by atoms with Crippen LogP contribution in [0.15, 0.2) is 0 Å². The second kappa shape index (κ2) is 9.73. The number of methoxy groups -OCH3 is 2. The van der Waals surface area contributed by atoms with Crippen molar-refractivity contribution < 1.29 is 28.5 Å². The summed E-state index contributed by atoms with van der Waals surface area (Å²) in [4.78, 5) is 26.1. The zero-order valence-corrected chi connectivity index (χ0v) is 17.4. The van der Waals surface area contributed by atoms with E-state index in [9.17, 15) is 9.59 Å². The third kappa shape index (κ3) is 6.35. The van der Waals surface area contributed by atoms with Gasteiger partial charge in [-0.15, -0.1) is 0 Å². The molecule has 0 radical (unpaired) electrons. The molecule has 156 valence electrons. The molecule has 1 amide bonds. The number of esters is 1. The van der Waals surface area contributed by atoms with Crippen LogP contribution in [0.1, 0.15) is 59.3 Å². The van der Waals surface area contributed by atoms with Crippen LogP contribution >= 0.6 is 0 Å². The standard InChI is InChI=1S/C20H35NO6/c1-20(2,3)27-19(23)21-15(12-24-4)8-9-16(21)13-26-17-10-6-14(7-11-17)18(22)25-5/h14-17H,6-13H2,1-5H3/t14-,15-,16+,17-/m1/s1. The first-order chi connectivity index (χ1) is 12.7. The van der Waals surface area contributed by atoms with Crippen LogP contribution in [-0.2, 0) is 23.7 Å². The lowest BCUT2D eigenvalue weighted by Gasteiger charge is -2.33. The van der Waals surface area contributed by atoms with Gasteiger partial charge in [0.1, 0.15) is 5.60 Å². The fraction of sp³-hybridized carbons (Fsp3) is 0.900. The molecule has 7 heteroatoms. The maximum absolute atomic E-state index is 12.7. The summed E-state index contributed by atoms with van der Waals surface area (Å²) in [5, 5.41) is 0. The summed E-state index contributed by atoms with van der Waals surface area (Å²) in [6, 6.07) is 0.0202. The molecule has 0 unspecified atom stereocenters. The molecule has 2 fully saturated rings. The molecule has 0 aromatic rings. The molecular formula is C20H35NO6. The van der Waals surface area contributed by atoms with Gasteiger partial charge in [0, 0.05) is 7.11 Å². The number of carbonyl (C=O) groups excluding carboxylic acids is 2. The van der Waals surface area contributed by atoms with Gasteiger partial charge in [-0.25, -0.2) is 4.79 Å². The van der Waals surface area contributed by atoms with Crippen LogP contribution in [0.2, 0.25) is 0 Å². The van der Waals surface area contributed by atoms with Gasteiger partial charge in [0.2, 0.25) is 0 Å². The Morgan fingerprint density at radius 2 is 1.52 bits per heavy atom. The average Bonchev–Trinajstić information content (AvgIpc) is 3.01. The van der Waals surface area contributed by atoms with E-state index in [4.69, 9.17) is 18.9 Å². The summed E-state index contributed by atoms with van der Waals surface area (Å²) in [6.07, 6.45) is 4.88. The molecule has 0 aromatic carbocycles. The van der Waals surface area contributed by atoms with E-state index in [-0.39, 0.29) is 36.2 Å². The van der Waals surface area contributed by atoms with E-state index < -0.39 is 5.60 Å². The SMILES string of the molecule is COC[C@H]1CC[C@@H](CO[C@H]2CC[C@H](C(=O)OC)CC2)N1C(=O)OC(C)(C)C. The summed E-state index contributed by atoms with van der Waals surface area (Å²) < 4.78 is 21.8. The fourth-order valence-corrected chi connectivity index (χ4v) is 3.97. The first-order valence-electron chi connectivity index (χ1n) is 9.94. The van der Waals surface area contributed by atoms with Gasteiger partial charge in [0.25, 0.3) is 0 Å². The Morgan fingerprint density at radius 1 is 0.926 bits per heavy atom. The lowest BCUT2D eigenvalue weighted by Crippen LogP contribution is -2.47. The highest BCUT2D eigenvalue weighted by atomic mass is 16.6. The van der Waals surface area contributed by atoms with Gasteiger partial charge < -0.3 is 18.9 Å². The minimum Gasteiger partial charge on any atom is -0.469 e. The third-order valence-corrected chi connectivity index (χ3v) is 5.32. The summed E-state index contributed by atoms with van der Waals surface area (Å²) >= 11 is 0. The van der Waals surface area contributed by atoms with E-state index in [1.54, 1.807) is 12.0 Å². The lowest BCUT2D eigenvalue weighted by atomic mass is 9.87. The van der Waals surface area contributed by atoms with E-state index in [0.717, 1.165) is 38.5 Å². The fourth-order valence-electron chi connectivity index (χ4n) is 3.97. The molecule has 0 N–H and O–H groups in total. The molecule has 0 aromatic heterocycles. The van der Waals surface area contributed by atoms with Gasteiger partial charge in [-0.1, -0.05) is 0 Å². The van der Waals surface area contributed by atoms with Crippen LogP contribution in [0.3, 0.4) is 0 Å². The first-order valence-corrected chi connectivity index (χ1v) is 9.94.